The summed E-state index contributed by atoms with van der Waals surface area (Å²) in [5.74, 6) is 0. The number of nitrogens with one attached hydrogen (secondary N) is 1. The summed E-state index contributed by atoms with van der Waals surface area (Å²) in [6.07, 6.45) is 0.590. The number of likely N-dealkylation sites (tertiary alicyclic amines) is 1. The van der Waals surface area contributed by atoms with Crippen LogP contribution in [-0.2, 0) is 4.74 Å². The van der Waals surface area contributed by atoms with Crippen LogP contribution in [-0.4, -0.2) is 35.7 Å². The van der Waals surface area contributed by atoms with Gasteiger partial charge in [0.2, 0.25) is 0 Å². The monoisotopic (exact) mass is 330 g/mol. The van der Waals surface area contributed by atoms with Gasteiger partial charge in [-0.05, 0) is 45.4 Å². The van der Waals surface area contributed by atoms with Crippen LogP contribution in [0.1, 0.15) is 27.2 Å². The van der Waals surface area contributed by atoms with Crippen LogP contribution >= 0.6 is 23.2 Å². The lowest BCUT2D eigenvalue weighted by molar-refractivity contribution is 0.0293. The molecular weight excluding hydrogens is 311 g/mol. The Morgan fingerprint density at radius 3 is 2.71 bits per heavy atom. The smallest absolute Gasteiger partial charge is 0.410 e. The van der Waals surface area contributed by atoms with Gasteiger partial charge in [0.1, 0.15) is 5.60 Å². The largest absolute Gasteiger partial charge is 0.444 e. The molecule has 1 heterocycles. The summed E-state index contributed by atoms with van der Waals surface area (Å²) in [7, 11) is 0. The van der Waals surface area contributed by atoms with Crippen molar-refractivity contribution in [2.75, 3.05) is 18.4 Å². The number of amides is 1. The molecule has 0 aromatic heterocycles. The molecule has 0 aliphatic carbocycles. The van der Waals surface area contributed by atoms with Crippen LogP contribution in [0, 0.1) is 0 Å². The van der Waals surface area contributed by atoms with Gasteiger partial charge in [-0.15, -0.1) is 0 Å². The fraction of sp³-hybridized carbons (Fsp3) is 0.533. The number of carbonyl (C=O) groups excluding carboxylic acids is 1. The van der Waals surface area contributed by atoms with Crippen LogP contribution in [0.4, 0.5) is 10.5 Å². The number of hydrogen-bond donors (Lipinski definition) is 1. The molecule has 6 heteroatoms. The molecule has 0 saturated carbocycles. The van der Waals surface area contributed by atoms with Crippen molar-refractivity contribution in [1.82, 2.24) is 4.90 Å². The minimum Gasteiger partial charge on any atom is -0.444 e. The third-order valence-electron chi connectivity index (χ3n) is 3.13. The Bertz CT molecular complexity index is 529. The van der Waals surface area contributed by atoms with E-state index in [1.54, 1.807) is 17.0 Å². The first kappa shape index (κ1) is 16.2. The maximum atomic E-state index is 12.0. The van der Waals surface area contributed by atoms with E-state index in [0.29, 0.717) is 23.1 Å². The number of hydrogen-bond acceptors (Lipinski definition) is 3. The van der Waals surface area contributed by atoms with Crippen molar-refractivity contribution in [2.45, 2.75) is 38.8 Å². The van der Waals surface area contributed by atoms with Crippen LogP contribution < -0.4 is 5.32 Å². The molecule has 1 unspecified atom stereocenters. The molecule has 1 aromatic carbocycles. The fourth-order valence-electron chi connectivity index (χ4n) is 2.20. The van der Waals surface area contributed by atoms with Crippen LogP contribution in [0.3, 0.4) is 0 Å². The Morgan fingerprint density at radius 2 is 2.10 bits per heavy atom. The van der Waals surface area contributed by atoms with Gasteiger partial charge in [-0.1, -0.05) is 23.2 Å². The van der Waals surface area contributed by atoms with E-state index in [9.17, 15) is 4.79 Å². The van der Waals surface area contributed by atoms with Gasteiger partial charge in [-0.25, -0.2) is 4.79 Å². The normalized spacial score (nSPS) is 18.7. The Hall–Kier alpha value is -1.13. The molecule has 1 fully saturated rings. The van der Waals surface area contributed by atoms with Gasteiger partial charge in [0.15, 0.2) is 0 Å². The lowest BCUT2D eigenvalue weighted by Crippen LogP contribution is -2.36. The SMILES string of the molecule is CC(C)(C)OC(=O)N1CCC(Nc2ccc(Cl)cc2Cl)C1. The second kappa shape index (κ2) is 6.32. The van der Waals surface area contributed by atoms with Gasteiger partial charge in [-0.3, -0.25) is 0 Å². The Labute approximate surface area is 135 Å². The number of carbonyl (C=O) groups is 1. The van der Waals surface area contributed by atoms with E-state index in [4.69, 9.17) is 27.9 Å². The third-order valence-corrected chi connectivity index (χ3v) is 3.68. The van der Waals surface area contributed by atoms with E-state index in [1.807, 2.05) is 26.8 Å². The molecule has 1 amide bonds. The van der Waals surface area contributed by atoms with Crippen LogP contribution in [0.15, 0.2) is 18.2 Å². The van der Waals surface area contributed by atoms with Crippen molar-refractivity contribution in [3.8, 4) is 0 Å². The highest BCUT2D eigenvalue weighted by Gasteiger charge is 2.29. The molecular formula is C15H20Cl2N2O2. The average Bonchev–Trinajstić information content (AvgIpc) is 2.79. The summed E-state index contributed by atoms with van der Waals surface area (Å²) >= 11 is 12.0. The van der Waals surface area contributed by atoms with Crippen LogP contribution in [0.2, 0.25) is 10.0 Å². The zero-order valence-corrected chi connectivity index (χ0v) is 14.0. The molecule has 0 radical (unpaired) electrons. The van der Waals surface area contributed by atoms with Gasteiger partial charge in [0, 0.05) is 24.2 Å². The van der Waals surface area contributed by atoms with Crippen molar-refractivity contribution in [1.29, 1.82) is 0 Å². The first-order valence-electron chi connectivity index (χ1n) is 6.94. The van der Waals surface area contributed by atoms with Crippen molar-refractivity contribution in [3.05, 3.63) is 28.2 Å². The van der Waals surface area contributed by atoms with E-state index >= 15 is 0 Å². The molecule has 1 aliphatic rings. The van der Waals surface area contributed by atoms with Gasteiger partial charge in [-0.2, -0.15) is 0 Å². The maximum absolute atomic E-state index is 12.0. The first-order valence-corrected chi connectivity index (χ1v) is 7.70. The summed E-state index contributed by atoms with van der Waals surface area (Å²) in [5, 5.41) is 4.53. The van der Waals surface area contributed by atoms with Crippen molar-refractivity contribution >= 4 is 35.0 Å². The second-order valence-electron chi connectivity index (χ2n) is 6.18. The summed E-state index contributed by atoms with van der Waals surface area (Å²) < 4.78 is 5.38. The number of halogens is 2. The molecule has 4 nitrogen and oxygen atoms in total. The van der Waals surface area contributed by atoms with Gasteiger partial charge < -0.3 is 15.0 Å². The molecule has 1 aliphatic heterocycles. The van der Waals surface area contributed by atoms with E-state index in [0.717, 1.165) is 12.1 Å². The summed E-state index contributed by atoms with van der Waals surface area (Å²) in [6, 6.07) is 5.50. The molecule has 1 N–H and O–H groups in total. The maximum Gasteiger partial charge on any atom is 0.410 e. The van der Waals surface area contributed by atoms with Crippen LogP contribution in [0.25, 0.3) is 0 Å². The van der Waals surface area contributed by atoms with Crippen LogP contribution in [0.5, 0.6) is 0 Å². The Morgan fingerprint density at radius 1 is 1.38 bits per heavy atom. The zero-order valence-electron chi connectivity index (χ0n) is 12.5. The Balaban J connectivity index is 1.92. The second-order valence-corrected chi connectivity index (χ2v) is 7.02. The molecule has 1 aromatic rings. The van der Waals surface area contributed by atoms with Gasteiger partial charge in [0.05, 0.1) is 10.7 Å². The topological polar surface area (TPSA) is 41.6 Å². The molecule has 1 atom stereocenters. The van der Waals surface area contributed by atoms with Crippen molar-refractivity contribution in [3.63, 3.8) is 0 Å². The van der Waals surface area contributed by atoms with E-state index in [-0.39, 0.29) is 12.1 Å². The lowest BCUT2D eigenvalue weighted by atomic mass is 10.2. The standard InChI is InChI=1S/C15H20Cl2N2O2/c1-15(2,3)21-14(20)19-7-6-11(9-19)18-13-5-4-10(16)8-12(13)17/h4-5,8,11,18H,6-7,9H2,1-3H3. The molecule has 2 rings (SSSR count). The summed E-state index contributed by atoms with van der Waals surface area (Å²) in [4.78, 5) is 13.7. The third kappa shape index (κ3) is 4.68. The van der Waals surface area contributed by atoms with E-state index < -0.39 is 5.60 Å². The quantitative estimate of drug-likeness (QED) is 0.872. The number of rotatable bonds is 2. The number of benzene rings is 1. The highest BCUT2D eigenvalue weighted by molar-refractivity contribution is 6.36. The van der Waals surface area contributed by atoms with E-state index in [2.05, 4.69) is 5.32 Å². The predicted molar refractivity (Wildman–Crippen MR) is 86.3 cm³/mol. The van der Waals surface area contributed by atoms with E-state index in [1.165, 1.54) is 0 Å². The molecule has 116 valence electrons. The minimum absolute atomic E-state index is 0.163. The average molecular weight is 331 g/mol. The highest BCUT2D eigenvalue weighted by Crippen LogP contribution is 2.27. The molecule has 21 heavy (non-hydrogen) atoms. The zero-order chi connectivity index (χ0) is 15.6. The minimum atomic E-state index is -0.470. The van der Waals surface area contributed by atoms with Gasteiger partial charge >= 0.3 is 6.09 Å². The van der Waals surface area contributed by atoms with Gasteiger partial charge in [0.25, 0.3) is 0 Å². The van der Waals surface area contributed by atoms with Crippen molar-refractivity contribution < 1.29 is 9.53 Å². The van der Waals surface area contributed by atoms with Crippen molar-refractivity contribution in [2.24, 2.45) is 0 Å². The molecule has 0 bridgehead atoms. The summed E-state index contributed by atoms with van der Waals surface area (Å²) in [6.45, 7) is 6.88. The Kier molecular flexibility index (Phi) is 4.89. The fourth-order valence-corrected chi connectivity index (χ4v) is 2.66. The number of nitrogens with zero attached hydrogens (tertiary/aromatic N) is 1. The molecule has 1 saturated heterocycles. The lowest BCUT2D eigenvalue weighted by Gasteiger charge is -2.24. The summed E-state index contributed by atoms with van der Waals surface area (Å²) in [5.41, 5.74) is 0.361. The predicted octanol–water partition coefficient (Wildman–Crippen LogP) is 4.41. The highest BCUT2D eigenvalue weighted by atomic mass is 35.5. The number of ether oxygens (including phenoxy) is 1. The first-order chi connectivity index (χ1) is 9.74. The number of anilines is 1. The molecule has 0 spiro atoms.